The highest BCUT2D eigenvalue weighted by molar-refractivity contribution is 7.17. The highest BCUT2D eigenvalue weighted by Gasteiger charge is 2.18. The van der Waals surface area contributed by atoms with Gasteiger partial charge in [-0.2, -0.15) is 0 Å². The minimum Gasteiger partial charge on any atom is -0.486 e. The molecule has 1 N–H and O–H groups in total. The first kappa shape index (κ1) is 15.6. The van der Waals surface area contributed by atoms with Crippen molar-refractivity contribution in [1.82, 2.24) is 9.97 Å². The summed E-state index contributed by atoms with van der Waals surface area (Å²) in [5.41, 5.74) is 2.25. The Balaban J connectivity index is 1.56. The minimum atomic E-state index is -0.193. The molecule has 0 bridgehead atoms. The summed E-state index contributed by atoms with van der Waals surface area (Å²) in [5.74, 6) is 1.14. The molecule has 1 aromatic carbocycles. The minimum absolute atomic E-state index is 0.193. The third-order valence-electron chi connectivity index (χ3n) is 3.71. The van der Waals surface area contributed by atoms with Crippen LogP contribution in [0.3, 0.4) is 0 Å². The van der Waals surface area contributed by atoms with Crippen LogP contribution in [-0.4, -0.2) is 29.1 Å². The average molecular weight is 353 g/mol. The van der Waals surface area contributed by atoms with Crippen LogP contribution in [0.5, 0.6) is 11.5 Å². The van der Waals surface area contributed by atoms with Gasteiger partial charge in [-0.1, -0.05) is 0 Å². The van der Waals surface area contributed by atoms with Crippen LogP contribution in [0, 0.1) is 6.92 Å². The molecular weight excluding hydrogens is 338 g/mol. The molecule has 0 aliphatic carbocycles. The lowest BCUT2D eigenvalue weighted by atomic mass is 10.2. The first-order chi connectivity index (χ1) is 12.2. The van der Waals surface area contributed by atoms with Gasteiger partial charge in [-0.3, -0.25) is 9.78 Å². The van der Waals surface area contributed by atoms with Gasteiger partial charge in [0.25, 0.3) is 5.91 Å². The zero-order chi connectivity index (χ0) is 17.2. The van der Waals surface area contributed by atoms with E-state index in [-0.39, 0.29) is 5.91 Å². The highest BCUT2D eigenvalue weighted by Crippen LogP contribution is 2.33. The van der Waals surface area contributed by atoms with Crippen molar-refractivity contribution in [3.63, 3.8) is 0 Å². The van der Waals surface area contributed by atoms with Gasteiger partial charge in [-0.15, -0.1) is 11.3 Å². The molecule has 0 saturated heterocycles. The number of rotatable bonds is 3. The molecule has 0 unspecified atom stereocenters. The molecule has 3 aromatic rings. The van der Waals surface area contributed by atoms with Gasteiger partial charge in [0.2, 0.25) is 0 Å². The second-order valence-corrected chi connectivity index (χ2v) is 6.49. The van der Waals surface area contributed by atoms with E-state index in [9.17, 15) is 4.79 Å². The summed E-state index contributed by atoms with van der Waals surface area (Å²) >= 11 is 1.35. The van der Waals surface area contributed by atoms with Gasteiger partial charge in [0.05, 0.1) is 5.69 Å². The van der Waals surface area contributed by atoms with Crippen molar-refractivity contribution in [2.75, 3.05) is 18.5 Å². The zero-order valence-corrected chi connectivity index (χ0v) is 14.3. The molecule has 0 radical (unpaired) electrons. The van der Waals surface area contributed by atoms with Crippen LogP contribution in [0.2, 0.25) is 0 Å². The number of carbonyl (C=O) groups excluding carboxylic acids is 1. The number of benzene rings is 1. The first-order valence-electron chi connectivity index (χ1n) is 7.79. The topological polar surface area (TPSA) is 73.3 Å². The Morgan fingerprint density at radius 3 is 2.84 bits per heavy atom. The lowest BCUT2D eigenvalue weighted by Crippen LogP contribution is -2.16. The number of hydrogen-bond donors (Lipinski definition) is 1. The largest absolute Gasteiger partial charge is 0.486 e. The molecule has 0 spiro atoms. The lowest BCUT2D eigenvalue weighted by Gasteiger charge is -2.18. The van der Waals surface area contributed by atoms with Gasteiger partial charge in [0.1, 0.15) is 23.1 Å². The number of aromatic nitrogens is 2. The number of aryl methyl sites for hydroxylation is 1. The molecule has 1 amide bonds. The van der Waals surface area contributed by atoms with E-state index in [1.807, 2.05) is 19.1 Å². The van der Waals surface area contributed by atoms with E-state index in [0.29, 0.717) is 41.0 Å². The zero-order valence-electron chi connectivity index (χ0n) is 13.5. The number of carbonyl (C=O) groups is 1. The summed E-state index contributed by atoms with van der Waals surface area (Å²) < 4.78 is 11.0. The Bertz CT molecular complexity index is 925. The summed E-state index contributed by atoms with van der Waals surface area (Å²) in [6, 6.07) is 9.13. The van der Waals surface area contributed by atoms with E-state index in [1.165, 1.54) is 11.3 Å². The SMILES string of the molecule is Cc1nc(-c2cccnc2)sc1C(=O)Nc1ccc2c(c1)OCCO2. The molecule has 0 fully saturated rings. The third-order valence-corrected chi connectivity index (χ3v) is 4.92. The predicted octanol–water partition coefficient (Wildman–Crippen LogP) is 3.54. The highest BCUT2D eigenvalue weighted by atomic mass is 32.1. The number of nitrogens with zero attached hydrogens (tertiary/aromatic N) is 2. The summed E-state index contributed by atoms with van der Waals surface area (Å²) in [4.78, 5) is 21.8. The van der Waals surface area contributed by atoms with Crippen LogP contribution >= 0.6 is 11.3 Å². The molecule has 6 nitrogen and oxygen atoms in total. The van der Waals surface area contributed by atoms with Crippen molar-refractivity contribution in [2.24, 2.45) is 0 Å². The number of nitrogens with one attached hydrogen (secondary N) is 1. The molecule has 4 rings (SSSR count). The van der Waals surface area contributed by atoms with E-state index in [2.05, 4.69) is 15.3 Å². The second kappa shape index (κ2) is 6.52. The molecule has 126 valence electrons. The summed E-state index contributed by atoms with van der Waals surface area (Å²) in [6.45, 7) is 2.87. The first-order valence-corrected chi connectivity index (χ1v) is 8.61. The van der Waals surface area contributed by atoms with Crippen molar-refractivity contribution < 1.29 is 14.3 Å². The van der Waals surface area contributed by atoms with Crippen LogP contribution < -0.4 is 14.8 Å². The second-order valence-electron chi connectivity index (χ2n) is 5.49. The van der Waals surface area contributed by atoms with Gasteiger partial charge in [0, 0.05) is 29.7 Å². The van der Waals surface area contributed by atoms with Gasteiger partial charge in [-0.25, -0.2) is 4.98 Å². The maximum atomic E-state index is 12.6. The molecule has 7 heteroatoms. The summed E-state index contributed by atoms with van der Waals surface area (Å²) in [5, 5.41) is 3.67. The molecule has 1 aliphatic heterocycles. The van der Waals surface area contributed by atoms with Crippen LogP contribution in [0.4, 0.5) is 5.69 Å². The van der Waals surface area contributed by atoms with Crippen LogP contribution in [0.25, 0.3) is 10.6 Å². The number of fused-ring (bicyclic) bond motifs is 1. The number of hydrogen-bond acceptors (Lipinski definition) is 6. The standard InChI is InChI=1S/C18H15N3O3S/c1-11-16(25-18(20-11)12-3-2-6-19-10-12)17(22)21-13-4-5-14-15(9-13)24-8-7-23-14/h2-6,9-10H,7-8H2,1H3,(H,21,22). The van der Waals surface area contributed by atoms with Gasteiger partial charge < -0.3 is 14.8 Å². The lowest BCUT2D eigenvalue weighted by molar-refractivity contribution is 0.102. The average Bonchev–Trinajstić information content (AvgIpc) is 3.04. The van der Waals surface area contributed by atoms with E-state index in [0.717, 1.165) is 10.6 Å². The fourth-order valence-corrected chi connectivity index (χ4v) is 3.48. The van der Waals surface area contributed by atoms with E-state index in [1.54, 1.807) is 30.6 Å². The van der Waals surface area contributed by atoms with Gasteiger partial charge >= 0.3 is 0 Å². The van der Waals surface area contributed by atoms with Crippen molar-refractivity contribution in [3.8, 4) is 22.1 Å². The van der Waals surface area contributed by atoms with Crippen molar-refractivity contribution in [1.29, 1.82) is 0 Å². The van der Waals surface area contributed by atoms with Crippen LogP contribution in [0.15, 0.2) is 42.7 Å². The van der Waals surface area contributed by atoms with E-state index < -0.39 is 0 Å². The normalized spacial score (nSPS) is 12.7. The fraction of sp³-hybridized carbons (Fsp3) is 0.167. The predicted molar refractivity (Wildman–Crippen MR) is 95.5 cm³/mol. The Morgan fingerprint density at radius 2 is 2.04 bits per heavy atom. The maximum absolute atomic E-state index is 12.6. The molecule has 3 heterocycles. The smallest absolute Gasteiger partial charge is 0.267 e. The quantitative estimate of drug-likeness (QED) is 0.780. The molecule has 25 heavy (non-hydrogen) atoms. The number of pyridine rings is 1. The van der Waals surface area contributed by atoms with Crippen molar-refractivity contribution in [2.45, 2.75) is 6.92 Å². The Hall–Kier alpha value is -2.93. The van der Waals surface area contributed by atoms with Crippen LogP contribution in [-0.2, 0) is 0 Å². The fourth-order valence-electron chi connectivity index (χ4n) is 2.53. The molecule has 0 atom stereocenters. The number of thiazole rings is 1. The Kier molecular flexibility index (Phi) is 4.07. The Labute approximate surface area is 148 Å². The number of ether oxygens (including phenoxy) is 2. The monoisotopic (exact) mass is 353 g/mol. The van der Waals surface area contributed by atoms with E-state index >= 15 is 0 Å². The number of anilines is 1. The number of amides is 1. The van der Waals surface area contributed by atoms with Crippen molar-refractivity contribution in [3.05, 3.63) is 53.3 Å². The van der Waals surface area contributed by atoms with Gasteiger partial charge in [0.15, 0.2) is 11.5 Å². The summed E-state index contributed by atoms with van der Waals surface area (Å²) in [6.07, 6.45) is 3.44. The van der Waals surface area contributed by atoms with E-state index in [4.69, 9.17) is 9.47 Å². The van der Waals surface area contributed by atoms with Gasteiger partial charge in [-0.05, 0) is 31.2 Å². The van der Waals surface area contributed by atoms with Crippen LogP contribution in [0.1, 0.15) is 15.4 Å². The maximum Gasteiger partial charge on any atom is 0.267 e. The third kappa shape index (κ3) is 3.18. The van der Waals surface area contributed by atoms with Crippen molar-refractivity contribution >= 4 is 22.9 Å². The molecular formula is C18H15N3O3S. The Morgan fingerprint density at radius 1 is 1.20 bits per heavy atom. The molecule has 1 aliphatic rings. The molecule has 0 saturated carbocycles. The summed E-state index contributed by atoms with van der Waals surface area (Å²) in [7, 11) is 0. The molecule has 2 aromatic heterocycles.